The van der Waals surface area contributed by atoms with E-state index in [1.165, 1.54) is 11.9 Å². The third-order valence-electron chi connectivity index (χ3n) is 0.571. The molecule has 0 spiro atoms. The zero-order chi connectivity index (χ0) is 5.11. The van der Waals surface area contributed by atoms with Crippen molar-refractivity contribution in [3.8, 4) is 0 Å². The molecule has 1 heterocycles. The van der Waals surface area contributed by atoms with Gasteiger partial charge in [0.05, 0.1) is 0 Å². The van der Waals surface area contributed by atoms with Crippen LogP contribution in [0.15, 0.2) is 16.5 Å². The van der Waals surface area contributed by atoms with Crippen LogP contribution >= 0.6 is 23.5 Å². The molecule has 0 aliphatic carbocycles. The number of hydrogen-bond acceptors (Lipinski definition) is 2. The highest BCUT2D eigenvalue weighted by Gasteiger charge is 1.98. The van der Waals surface area contributed by atoms with Gasteiger partial charge in [-0.2, -0.15) is 0 Å². The van der Waals surface area contributed by atoms with Crippen molar-refractivity contribution in [3.05, 3.63) is 12.2 Å². The molecule has 0 fully saturated rings. The zero-order valence-corrected chi connectivity index (χ0v) is 5.12. The van der Waals surface area contributed by atoms with Gasteiger partial charge in [0.25, 0.3) is 0 Å². The van der Waals surface area contributed by atoms with Gasteiger partial charge in [-0.15, -0.1) is 11.6 Å². The SMILES string of the molecule is ClC1C=CC=NS1. The molecule has 3 heteroatoms. The first-order chi connectivity index (χ1) is 3.39. The Hall–Kier alpha value is 0.0500. The topological polar surface area (TPSA) is 12.4 Å². The van der Waals surface area contributed by atoms with Crippen molar-refractivity contribution < 1.29 is 0 Å². The van der Waals surface area contributed by atoms with Crippen LogP contribution in [-0.2, 0) is 0 Å². The normalized spacial score (nSPS) is 28.4. The molecule has 0 radical (unpaired) electrons. The largest absolute Gasteiger partial charge is 0.223 e. The minimum atomic E-state index is 0.0463. The summed E-state index contributed by atoms with van der Waals surface area (Å²) in [4.78, 5) is 0. The van der Waals surface area contributed by atoms with Gasteiger partial charge < -0.3 is 0 Å². The Morgan fingerprint density at radius 3 is 2.86 bits per heavy atom. The van der Waals surface area contributed by atoms with Crippen LogP contribution in [0.25, 0.3) is 0 Å². The van der Waals surface area contributed by atoms with Crippen LogP contribution in [0, 0.1) is 0 Å². The summed E-state index contributed by atoms with van der Waals surface area (Å²) in [5.41, 5.74) is 0. The van der Waals surface area contributed by atoms with Crippen molar-refractivity contribution in [3.63, 3.8) is 0 Å². The summed E-state index contributed by atoms with van der Waals surface area (Å²) in [7, 11) is 0. The summed E-state index contributed by atoms with van der Waals surface area (Å²) < 4.78 is 3.88. The van der Waals surface area contributed by atoms with E-state index in [2.05, 4.69) is 4.40 Å². The van der Waals surface area contributed by atoms with E-state index in [4.69, 9.17) is 11.6 Å². The molecule has 0 aromatic carbocycles. The maximum atomic E-state index is 5.58. The average molecular weight is 134 g/mol. The highest BCUT2D eigenvalue weighted by molar-refractivity contribution is 8.00. The monoisotopic (exact) mass is 133 g/mol. The smallest absolute Gasteiger partial charge is 0.119 e. The number of hydrogen-bond donors (Lipinski definition) is 0. The summed E-state index contributed by atoms with van der Waals surface area (Å²) in [5, 5.41) is 0. The lowest BCUT2D eigenvalue weighted by Crippen LogP contribution is -1.86. The van der Waals surface area contributed by atoms with Crippen LogP contribution in [0.3, 0.4) is 0 Å². The van der Waals surface area contributed by atoms with E-state index in [9.17, 15) is 0 Å². The lowest BCUT2D eigenvalue weighted by Gasteiger charge is -1.98. The predicted octanol–water partition coefficient (Wildman–Crippen LogP) is 1.84. The summed E-state index contributed by atoms with van der Waals surface area (Å²) in [6, 6.07) is 0. The van der Waals surface area contributed by atoms with Crippen LogP contribution in [0.5, 0.6) is 0 Å². The molecule has 0 amide bonds. The first-order valence-electron chi connectivity index (χ1n) is 1.89. The lowest BCUT2D eigenvalue weighted by molar-refractivity contribution is 1.60. The van der Waals surface area contributed by atoms with Crippen LogP contribution in [0.4, 0.5) is 0 Å². The Morgan fingerprint density at radius 1 is 1.71 bits per heavy atom. The molecular weight excluding hydrogens is 130 g/mol. The molecule has 1 unspecified atom stereocenters. The van der Waals surface area contributed by atoms with Gasteiger partial charge in [0.2, 0.25) is 0 Å². The quantitative estimate of drug-likeness (QED) is 0.363. The maximum absolute atomic E-state index is 5.58. The third kappa shape index (κ3) is 1.53. The highest BCUT2D eigenvalue weighted by atomic mass is 35.5. The fourth-order valence-electron chi connectivity index (χ4n) is 0.301. The van der Waals surface area contributed by atoms with Gasteiger partial charge in [0.15, 0.2) is 0 Å². The van der Waals surface area contributed by atoms with E-state index in [0.29, 0.717) is 0 Å². The second kappa shape index (κ2) is 2.38. The zero-order valence-electron chi connectivity index (χ0n) is 3.54. The molecule has 1 aliphatic heterocycles. The third-order valence-corrected chi connectivity index (χ3v) is 1.56. The van der Waals surface area contributed by atoms with Gasteiger partial charge in [-0.05, 0) is 18.0 Å². The molecule has 0 aromatic heterocycles. The highest BCUT2D eigenvalue weighted by Crippen LogP contribution is 2.19. The molecule has 0 aromatic rings. The number of alkyl halides is 1. The molecule has 0 saturated carbocycles. The minimum Gasteiger partial charge on any atom is -0.223 e. The van der Waals surface area contributed by atoms with E-state index in [1.54, 1.807) is 6.21 Å². The number of nitrogens with zero attached hydrogens (tertiary/aromatic N) is 1. The second-order valence-corrected chi connectivity index (χ2v) is 2.75. The van der Waals surface area contributed by atoms with E-state index in [1.807, 2.05) is 12.2 Å². The van der Waals surface area contributed by atoms with E-state index in [-0.39, 0.29) is 4.71 Å². The molecule has 0 bridgehead atoms. The first-order valence-corrected chi connectivity index (χ1v) is 3.17. The van der Waals surface area contributed by atoms with Crippen molar-refractivity contribution in [1.29, 1.82) is 0 Å². The molecule has 38 valence electrons. The number of rotatable bonds is 0. The number of allylic oxidation sites excluding steroid dienone is 1. The van der Waals surface area contributed by atoms with E-state index >= 15 is 0 Å². The van der Waals surface area contributed by atoms with Crippen LogP contribution < -0.4 is 0 Å². The van der Waals surface area contributed by atoms with Crippen molar-refractivity contribution in [2.75, 3.05) is 0 Å². The standard InChI is InChI=1S/C4H4ClNS/c5-4-2-1-3-6-7-4/h1-4H. The van der Waals surface area contributed by atoms with Gasteiger partial charge in [0.1, 0.15) is 4.71 Å². The van der Waals surface area contributed by atoms with Crippen molar-refractivity contribution in [2.45, 2.75) is 4.71 Å². The maximum Gasteiger partial charge on any atom is 0.119 e. The second-order valence-electron chi connectivity index (χ2n) is 1.10. The Kier molecular flexibility index (Phi) is 1.77. The minimum absolute atomic E-state index is 0.0463. The molecule has 7 heavy (non-hydrogen) atoms. The molecule has 1 rings (SSSR count). The van der Waals surface area contributed by atoms with Crippen LogP contribution in [0.2, 0.25) is 0 Å². The van der Waals surface area contributed by atoms with Gasteiger partial charge in [0, 0.05) is 6.21 Å². The van der Waals surface area contributed by atoms with Gasteiger partial charge >= 0.3 is 0 Å². The fourth-order valence-corrected chi connectivity index (χ4v) is 0.940. The Labute approximate surface area is 51.6 Å². The van der Waals surface area contributed by atoms with Crippen LogP contribution in [0.1, 0.15) is 0 Å². The molecule has 1 aliphatic rings. The first kappa shape index (κ1) is 5.19. The Morgan fingerprint density at radius 2 is 2.57 bits per heavy atom. The summed E-state index contributed by atoms with van der Waals surface area (Å²) in [6.07, 6.45) is 5.46. The Balaban J connectivity index is 2.49. The summed E-state index contributed by atoms with van der Waals surface area (Å²) >= 11 is 6.95. The summed E-state index contributed by atoms with van der Waals surface area (Å²) in [5.74, 6) is 0. The predicted molar refractivity (Wildman–Crippen MR) is 34.9 cm³/mol. The van der Waals surface area contributed by atoms with Crippen molar-refractivity contribution >= 4 is 29.8 Å². The van der Waals surface area contributed by atoms with Gasteiger partial charge in [-0.1, -0.05) is 6.08 Å². The average Bonchev–Trinajstić information content (AvgIpc) is 1.69. The fraction of sp³-hybridized carbons (Fsp3) is 0.250. The van der Waals surface area contributed by atoms with Gasteiger partial charge in [-0.25, -0.2) is 4.40 Å². The van der Waals surface area contributed by atoms with Gasteiger partial charge in [-0.3, -0.25) is 0 Å². The molecule has 0 saturated heterocycles. The Bertz CT molecular complexity index is 110. The molecule has 1 nitrogen and oxygen atoms in total. The lowest BCUT2D eigenvalue weighted by atomic mass is 10.6. The van der Waals surface area contributed by atoms with E-state index < -0.39 is 0 Å². The van der Waals surface area contributed by atoms with Crippen LogP contribution in [-0.4, -0.2) is 10.9 Å². The van der Waals surface area contributed by atoms with Crippen molar-refractivity contribution in [1.82, 2.24) is 0 Å². The summed E-state index contributed by atoms with van der Waals surface area (Å²) in [6.45, 7) is 0. The molecule has 1 atom stereocenters. The number of halogens is 1. The molecule has 0 N–H and O–H groups in total. The van der Waals surface area contributed by atoms with Crippen molar-refractivity contribution in [2.24, 2.45) is 4.40 Å². The molecular formula is C4H4ClNS. The van der Waals surface area contributed by atoms with E-state index in [0.717, 1.165) is 0 Å².